The molecule has 0 N–H and O–H groups in total. The van der Waals surface area contributed by atoms with Crippen molar-refractivity contribution in [3.05, 3.63) is 41.7 Å². The number of carbonyl (C=O) groups is 1. The van der Waals surface area contributed by atoms with Crippen LogP contribution in [0.5, 0.6) is 0 Å². The van der Waals surface area contributed by atoms with Gasteiger partial charge >= 0.3 is 0 Å². The number of hydrogen-bond acceptors (Lipinski definition) is 3. The van der Waals surface area contributed by atoms with Gasteiger partial charge in [-0.05, 0) is 13.3 Å². The van der Waals surface area contributed by atoms with E-state index in [0.29, 0.717) is 17.0 Å². The first kappa shape index (κ1) is 14.3. The van der Waals surface area contributed by atoms with Crippen molar-refractivity contribution in [2.45, 2.75) is 26.7 Å². The fourth-order valence-electron chi connectivity index (χ4n) is 2.10. The molecule has 1 amide bonds. The van der Waals surface area contributed by atoms with Gasteiger partial charge in [-0.25, -0.2) is 0 Å². The fourth-order valence-corrected chi connectivity index (χ4v) is 2.10. The van der Waals surface area contributed by atoms with E-state index in [4.69, 9.17) is 4.52 Å². The van der Waals surface area contributed by atoms with Crippen molar-refractivity contribution in [1.82, 2.24) is 10.1 Å². The average molecular weight is 272 g/mol. The highest BCUT2D eigenvalue weighted by Gasteiger charge is 2.23. The SMILES string of the molecule is CCCCN(C)C(=O)c1c(-c2ccccc2)noc1C. The quantitative estimate of drug-likeness (QED) is 0.836. The molecule has 4 heteroatoms. The third kappa shape index (κ3) is 2.90. The molecule has 0 saturated heterocycles. The number of carbonyl (C=O) groups excluding carboxylic acids is 1. The predicted octanol–water partition coefficient (Wildman–Crippen LogP) is 3.52. The van der Waals surface area contributed by atoms with Gasteiger partial charge in [0.05, 0.1) is 0 Å². The summed E-state index contributed by atoms with van der Waals surface area (Å²) < 4.78 is 5.23. The molecule has 1 aromatic heterocycles. The molecule has 0 radical (unpaired) electrons. The van der Waals surface area contributed by atoms with E-state index < -0.39 is 0 Å². The summed E-state index contributed by atoms with van der Waals surface area (Å²) in [6, 6.07) is 9.65. The van der Waals surface area contributed by atoms with E-state index >= 15 is 0 Å². The lowest BCUT2D eigenvalue weighted by Crippen LogP contribution is -2.28. The number of aromatic nitrogens is 1. The van der Waals surface area contributed by atoms with Crippen LogP contribution >= 0.6 is 0 Å². The minimum Gasteiger partial charge on any atom is -0.360 e. The molecule has 0 atom stereocenters. The fraction of sp³-hybridized carbons (Fsp3) is 0.375. The zero-order chi connectivity index (χ0) is 14.5. The van der Waals surface area contributed by atoms with Crippen LogP contribution in [0.15, 0.2) is 34.9 Å². The highest BCUT2D eigenvalue weighted by atomic mass is 16.5. The highest BCUT2D eigenvalue weighted by molar-refractivity contribution is 6.00. The van der Waals surface area contributed by atoms with Crippen molar-refractivity contribution in [2.24, 2.45) is 0 Å². The topological polar surface area (TPSA) is 46.3 Å². The van der Waals surface area contributed by atoms with Gasteiger partial charge in [0.15, 0.2) is 0 Å². The normalized spacial score (nSPS) is 10.6. The molecule has 0 aliphatic rings. The molecule has 2 aromatic rings. The third-order valence-corrected chi connectivity index (χ3v) is 3.32. The summed E-state index contributed by atoms with van der Waals surface area (Å²) in [7, 11) is 1.82. The first-order valence-corrected chi connectivity index (χ1v) is 6.92. The zero-order valence-electron chi connectivity index (χ0n) is 12.2. The minimum atomic E-state index is -0.0314. The third-order valence-electron chi connectivity index (χ3n) is 3.32. The van der Waals surface area contributed by atoms with Crippen molar-refractivity contribution in [2.75, 3.05) is 13.6 Å². The molecule has 0 fully saturated rings. The van der Waals surface area contributed by atoms with Gasteiger partial charge in [-0.15, -0.1) is 0 Å². The number of rotatable bonds is 5. The maximum Gasteiger partial charge on any atom is 0.259 e. The van der Waals surface area contributed by atoms with Crippen LogP contribution in [0.3, 0.4) is 0 Å². The minimum absolute atomic E-state index is 0.0314. The Labute approximate surface area is 119 Å². The molecule has 2 rings (SSSR count). The second-order valence-electron chi connectivity index (χ2n) is 4.91. The summed E-state index contributed by atoms with van der Waals surface area (Å²) >= 11 is 0. The first-order valence-electron chi connectivity index (χ1n) is 6.92. The highest BCUT2D eigenvalue weighted by Crippen LogP contribution is 2.26. The van der Waals surface area contributed by atoms with E-state index in [2.05, 4.69) is 12.1 Å². The number of aryl methyl sites for hydroxylation is 1. The molecule has 4 nitrogen and oxygen atoms in total. The molecule has 0 bridgehead atoms. The summed E-state index contributed by atoms with van der Waals surface area (Å²) in [6.07, 6.45) is 2.05. The Morgan fingerprint density at radius 3 is 2.65 bits per heavy atom. The number of amides is 1. The van der Waals surface area contributed by atoms with Gasteiger partial charge in [-0.2, -0.15) is 0 Å². The number of hydrogen-bond donors (Lipinski definition) is 0. The summed E-state index contributed by atoms with van der Waals surface area (Å²) in [4.78, 5) is 14.3. The van der Waals surface area contributed by atoms with E-state index in [0.717, 1.165) is 24.9 Å². The molecule has 20 heavy (non-hydrogen) atoms. The predicted molar refractivity (Wildman–Crippen MR) is 78.5 cm³/mol. The maximum atomic E-state index is 12.6. The molecular formula is C16H20N2O2. The Hall–Kier alpha value is -2.10. The van der Waals surface area contributed by atoms with Crippen molar-refractivity contribution >= 4 is 5.91 Å². The number of benzene rings is 1. The summed E-state index contributed by atoms with van der Waals surface area (Å²) in [5.41, 5.74) is 2.09. The Kier molecular flexibility index (Phi) is 4.56. The largest absolute Gasteiger partial charge is 0.360 e. The summed E-state index contributed by atoms with van der Waals surface area (Å²) in [6.45, 7) is 4.63. The van der Waals surface area contributed by atoms with E-state index in [-0.39, 0.29) is 5.91 Å². The first-order chi connectivity index (χ1) is 9.65. The second kappa shape index (κ2) is 6.37. The second-order valence-corrected chi connectivity index (χ2v) is 4.91. The van der Waals surface area contributed by atoms with E-state index in [1.54, 1.807) is 11.8 Å². The molecular weight excluding hydrogens is 252 g/mol. The van der Waals surface area contributed by atoms with Crippen LogP contribution in [0, 0.1) is 6.92 Å². The smallest absolute Gasteiger partial charge is 0.259 e. The maximum absolute atomic E-state index is 12.6. The molecule has 0 spiro atoms. The van der Waals surface area contributed by atoms with E-state index in [1.807, 2.05) is 37.4 Å². The lowest BCUT2D eigenvalue weighted by Gasteiger charge is -2.16. The van der Waals surface area contributed by atoms with Crippen molar-refractivity contribution in [3.8, 4) is 11.3 Å². The monoisotopic (exact) mass is 272 g/mol. The lowest BCUT2D eigenvalue weighted by atomic mass is 10.1. The van der Waals surface area contributed by atoms with Gasteiger partial charge in [0.25, 0.3) is 5.91 Å². The lowest BCUT2D eigenvalue weighted by molar-refractivity contribution is 0.0792. The molecule has 1 aromatic carbocycles. The molecule has 0 saturated carbocycles. The van der Waals surface area contributed by atoms with Crippen LogP contribution in [-0.4, -0.2) is 29.6 Å². The van der Waals surface area contributed by atoms with Crippen LogP contribution in [0.1, 0.15) is 35.9 Å². The van der Waals surface area contributed by atoms with Gasteiger partial charge in [0.2, 0.25) is 0 Å². The molecule has 0 aliphatic heterocycles. The van der Waals surface area contributed by atoms with Gasteiger partial charge in [0, 0.05) is 19.2 Å². The Morgan fingerprint density at radius 2 is 2.00 bits per heavy atom. The summed E-state index contributed by atoms with van der Waals surface area (Å²) in [5, 5.41) is 4.05. The van der Waals surface area contributed by atoms with Crippen LogP contribution in [-0.2, 0) is 0 Å². The Bertz CT molecular complexity index is 575. The zero-order valence-corrected chi connectivity index (χ0v) is 12.2. The van der Waals surface area contributed by atoms with Gasteiger partial charge in [-0.3, -0.25) is 4.79 Å². The van der Waals surface area contributed by atoms with Gasteiger partial charge < -0.3 is 9.42 Å². The van der Waals surface area contributed by atoms with Crippen molar-refractivity contribution in [1.29, 1.82) is 0 Å². The number of nitrogens with zero attached hydrogens (tertiary/aromatic N) is 2. The van der Waals surface area contributed by atoms with Crippen LogP contribution < -0.4 is 0 Å². The van der Waals surface area contributed by atoms with Gasteiger partial charge in [-0.1, -0.05) is 48.8 Å². The van der Waals surface area contributed by atoms with Gasteiger partial charge in [0.1, 0.15) is 17.0 Å². The molecule has 0 unspecified atom stereocenters. The number of unbranched alkanes of at least 4 members (excludes halogenated alkanes) is 1. The van der Waals surface area contributed by atoms with Crippen molar-refractivity contribution < 1.29 is 9.32 Å². The van der Waals surface area contributed by atoms with Crippen LogP contribution in [0.4, 0.5) is 0 Å². The average Bonchev–Trinajstić information content (AvgIpc) is 2.86. The molecule has 106 valence electrons. The van der Waals surface area contributed by atoms with Crippen molar-refractivity contribution in [3.63, 3.8) is 0 Å². The van der Waals surface area contributed by atoms with E-state index in [1.165, 1.54) is 0 Å². The molecule has 0 aliphatic carbocycles. The summed E-state index contributed by atoms with van der Waals surface area (Å²) in [5.74, 6) is 0.535. The Balaban J connectivity index is 2.32. The van der Waals surface area contributed by atoms with Crippen LogP contribution in [0.25, 0.3) is 11.3 Å². The molecule has 1 heterocycles. The van der Waals surface area contributed by atoms with Crippen LogP contribution in [0.2, 0.25) is 0 Å². The van der Waals surface area contributed by atoms with E-state index in [9.17, 15) is 4.79 Å². The standard InChI is InChI=1S/C16H20N2O2/c1-4-5-11-18(3)16(19)14-12(2)20-17-15(14)13-9-7-6-8-10-13/h6-10H,4-5,11H2,1-3H3. The Morgan fingerprint density at radius 1 is 1.30 bits per heavy atom.